The molecule has 0 aliphatic carbocycles. The van der Waals surface area contributed by atoms with Gasteiger partial charge in [-0.25, -0.2) is 0 Å². The summed E-state index contributed by atoms with van der Waals surface area (Å²) in [5, 5.41) is 4.25. The summed E-state index contributed by atoms with van der Waals surface area (Å²) in [6.45, 7) is 6.37. The molecule has 3 heterocycles. The summed E-state index contributed by atoms with van der Waals surface area (Å²) in [7, 11) is 0. The second kappa shape index (κ2) is 10.9. The number of ether oxygens (including phenoxy) is 1. The van der Waals surface area contributed by atoms with Gasteiger partial charge >= 0.3 is 0 Å². The molecule has 6 rings (SSSR count). The van der Waals surface area contributed by atoms with E-state index in [9.17, 15) is 0 Å². The van der Waals surface area contributed by atoms with Crippen molar-refractivity contribution in [3.05, 3.63) is 136 Å². The van der Waals surface area contributed by atoms with Crippen LogP contribution in [0.5, 0.6) is 11.5 Å². The van der Waals surface area contributed by atoms with Crippen LogP contribution >= 0.6 is 28.1 Å². The summed E-state index contributed by atoms with van der Waals surface area (Å²) in [4.78, 5) is 6.92. The Morgan fingerprint density at radius 3 is 2.35 bits per heavy atom. The van der Waals surface area contributed by atoms with E-state index >= 15 is 0 Å². The van der Waals surface area contributed by atoms with Gasteiger partial charge in [0, 0.05) is 33.4 Å². The van der Waals surface area contributed by atoms with Crippen molar-refractivity contribution in [2.24, 2.45) is 0 Å². The fourth-order valence-corrected chi connectivity index (χ4v) is 6.25. The topological polar surface area (TPSA) is 42.3 Å². The highest BCUT2D eigenvalue weighted by molar-refractivity contribution is 9.10. The van der Waals surface area contributed by atoms with Gasteiger partial charge in [0.05, 0.1) is 17.8 Å². The Morgan fingerprint density at radius 1 is 0.850 bits per heavy atom. The largest absolute Gasteiger partial charge is 0.457 e. The number of nitrogens with zero attached hydrogens (tertiary/aromatic N) is 3. The molecule has 2 unspecified atom stereocenters. The van der Waals surface area contributed by atoms with Gasteiger partial charge in [0.1, 0.15) is 11.5 Å². The number of aromatic nitrogens is 2. The minimum Gasteiger partial charge on any atom is -0.457 e. The average Bonchev–Trinajstić information content (AvgIpc) is 3.45. The van der Waals surface area contributed by atoms with Crippen LogP contribution in [-0.2, 0) is 0 Å². The van der Waals surface area contributed by atoms with Gasteiger partial charge in [-0.3, -0.25) is 4.98 Å². The molecular formula is C33H29BrN4OS. The smallest absolute Gasteiger partial charge is 0.174 e. The van der Waals surface area contributed by atoms with Crippen molar-refractivity contribution in [2.45, 2.75) is 32.9 Å². The number of hydrogen-bond donors (Lipinski definition) is 1. The normalized spacial score (nSPS) is 16.7. The summed E-state index contributed by atoms with van der Waals surface area (Å²) in [6.07, 6.45) is 1.84. The zero-order valence-corrected chi connectivity index (χ0v) is 24.9. The molecule has 40 heavy (non-hydrogen) atoms. The molecule has 200 valence electrons. The first-order valence-electron chi connectivity index (χ1n) is 13.2. The third-order valence-electron chi connectivity index (χ3n) is 7.39. The molecule has 0 amide bonds. The van der Waals surface area contributed by atoms with Crippen LogP contribution < -0.4 is 15.0 Å². The van der Waals surface area contributed by atoms with Gasteiger partial charge in [-0.1, -0.05) is 46.3 Å². The van der Waals surface area contributed by atoms with E-state index < -0.39 is 0 Å². The number of anilines is 1. The van der Waals surface area contributed by atoms with E-state index in [0.29, 0.717) is 5.11 Å². The van der Waals surface area contributed by atoms with Gasteiger partial charge in [0.15, 0.2) is 5.11 Å². The SMILES string of the molecule is Cc1ccccc1Oc1ccc(N2C(=S)NC(c3ccccn3)C2c2cc(C)n(-c3cccc(Br)c3)c2C)cc1. The molecule has 7 heteroatoms. The van der Waals surface area contributed by atoms with E-state index in [2.05, 4.69) is 87.0 Å². The Hall–Kier alpha value is -3.94. The predicted molar refractivity (Wildman–Crippen MR) is 169 cm³/mol. The number of benzene rings is 3. The van der Waals surface area contributed by atoms with Crippen molar-refractivity contribution >= 4 is 38.9 Å². The van der Waals surface area contributed by atoms with Crippen LogP contribution in [0.4, 0.5) is 5.69 Å². The highest BCUT2D eigenvalue weighted by atomic mass is 79.9. The van der Waals surface area contributed by atoms with E-state index in [4.69, 9.17) is 21.9 Å². The maximum Gasteiger partial charge on any atom is 0.174 e. The molecule has 1 fully saturated rings. The summed E-state index contributed by atoms with van der Waals surface area (Å²) in [5.41, 5.74) is 7.66. The molecule has 0 spiro atoms. The number of hydrogen-bond acceptors (Lipinski definition) is 3. The van der Waals surface area contributed by atoms with Crippen molar-refractivity contribution in [1.82, 2.24) is 14.9 Å². The molecule has 3 aromatic carbocycles. The monoisotopic (exact) mass is 608 g/mol. The fourth-order valence-electron chi connectivity index (χ4n) is 5.52. The minimum atomic E-state index is -0.118. The lowest BCUT2D eigenvalue weighted by molar-refractivity contribution is 0.479. The van der Waals surface area contributed by atoms with Crippen LogP contribution in [0.1, 0.15) is 40.3 Å². The van der Waals surface area contributed by atoms with Crippen molar-refractivity contribution < 1.29 is 4.74 Å². The molecule has 0 bridgehead atoms. The third-order valence-corrected chi connectivity index (χ3v) is 8.20. The van der Waals surface area contributed by atoms with E-state index in [0.717, 1.165) is 50.0 Å². The summed E-state index contributed by atoms with van der Waals surface area (Å²) in [5.74, 6) is 1.63. The molecule has 0 saturated carbocycles. The first-order valence-corrected chi connectivity index (χ1v) is 14.4. The van der Waals surface area contributed by atoms with Crippen molar-refractivity contribution in [3.8, 4) is 17.2 Å². The maximum atomic E-state index is 6.17. The Kier molecular flexibility index (Phi) is 7.17. The zero-order chi connectivity index (χ0) is 27.8. The van der Waals surface area contributed by atoms with Gasteiger partial charge < -0.3 is 19.5 Å². The average molecular weight is 610 g/mol. The molecule has 1 aliphatic rings. The molecule has 1 aliphatic heterocycles. The van der Waals surface area contributed by atoms with Gasteiger partial charge in [-0.15, -0.1) is 0 Å². The summed E-state index contributed by atoms with van der Waals surface area (Å²) >= 11 is 9.60. The Bertz CT molecular complexity index is 1680. The second-order valence-corrected chi connectivity index (χ2v) is 11.3. The lowest BCUT2D eigenvalue weighted by atomic mass is 9.96. The van der Waals surface area contributed by atoms with Crippen LogP contribution in [-0.4, -0.2) is 14.7 Å². The van der Waals surface area contributed by atoms with Crippen molar-refractivity contribution in [3.63, 3.8) is 0 Å². The number of pyridine rings is 1. The third kappa shape index (κ3) is 4.91. The highest BCUT2D eigenvalue weighted by Crippen LogP contribution is 2.44. The maximum absolute atomic E-state index is 6.17. The van der Waals surface area contributed by atoms with Crippen molar-refractivity contribution in [1.29, 1.82) is 0 Å². The zero-order valence-electron chi connectivity index (χ0n) is 22.5. The quantitative estimate of drug-likeness (QED) is 0.196. The van der Waals surface area contributed by atoms with Gasteiger partial charge in [-0.2, -0.15) is 0 Å². The summed E-state index contributed by atoms with van der Waals surface area (Å²) < 4.78 is 9.51. The molecule has 2 aromatic heterocycles. The number of aryl methyl sites for hydroxylation is 2. The number of thiocarbonyl (C=S) groups is 1. The second-order valence-electron chi connectivity index (χ2n) is 10.00. The first-order chi connectivity index (χ1) is 19.4. The van der Waals surface area contributed by atoms with E-state index in [1.807, 2.05) is 67.7 Å². The van der Waals surface area contributed by atoms with Crippen LogP contribution in [0, 0.1) is 20.8 Å². The predicted octanol–water partition coefficient (Wildman–Crippen LogP) is 8.53. The number of rotatable bonds is 6. The molecule has 2 atom stereocenters. The Morgan fingerprint density at radius 2 is 1.62 bits per heavy atom. The molecule has 1 saturated heterocycles. The Balaban J connectivity index is 1.42. The molecule has 0 radical (unpaired) electrons. The molecule has 5 nitrogen and oxygen atoms in total. The van der Waals surface area contributed by atoms with Gasteiger partial charge in [-0.05, 0) is 111 Å². The van der Waals surface area contributed by atoms with Crippen LogP contribution in [0.3, 0.4) is 0 Å². The number of nitrogens with one attached hydrogen (secondary N) is 1. The lowest BCUT2D eigenvalue weighted by Gasteiger charge is -2.28. The lowest BCUT2D eigenvalue weighted by Crippen LogP contribution is -2.29. The molecular weight excluding hydrogens is 580 g/mol. The summed E-state index contributed by atoms with van der Waals surface area (Å²) in [6, 6.07) is 32.6. The van der Waals surface area contributed by atoms with Gasteiger partial charge in [0.2, 0.25) is 0 Å². The van der Waals surface area contributed by atoms with Crippen LogP contribution in [0.2, 0.25) is 0 Å². The van der Waals surface area contributed by atoms with Crippen molar-refractivity contribution in [2.75, 3.05) is 4.90 Å². The fraction of sp³-hybridized carbons (Fsp3) is 0.152. The molecule has 1 N–H and O–H groups in total. The Labute approximate surface area is 248 Å². The number of para-hydroxylation sites is 1. The highest BCUT2D eigenvalue weighted by Gasteiger charge is 2.42. The molecule has 5 aromatic rings. The van der Waals surface area contributed by atoms with Crippen LogP contribution in [0.25, 0.3) is 5.69 Å². The standard InChI is InChI=1S/C33H29BrN4OS/c1-21-9-4-5-13-30(21)39-27-16-14-25(15-17-27)38-32(31(36-33(38)40)29-12-6-7-18-35-29)28-19-22(2)37(23(28)3)26-11-8-10-24(34)20-26/h4-20,31-32H,1-3H3,(H,36,40). The van der Waals surface area contributed by atoms with Crippen LogP contribution in [0.15, 0.2) is 108 Å². The first kappa shape index (κ1) is 26.3. The van der Waals surface area contributed by atoms with E-state index in [1.54, 1.807) is 0 Å². The minimum absolute atomic E-state index is 0.0994. The van der Waals surface area contributed by atoms with E-state index in [1.165, 1.54) is 5.56 Å². The van der Waals surface area contributed by atoms with E-state index in [-0.39, 0.29) is 12.1 Å². The van der Waals surface area contributed by atoms with Gasteiger partial charge in [0.25, 0.3) is 0 Å². The number of halogens is 1.